The number of halogens is 2. The van der Waals surface area contributed by atoms with Crippen LogP contribution in [0.2, 0.25) is 0 Å². The molecule has 1 heterocycles. The van der Waals surface area contributed by atoms with Crippen LogP contribution in [0.15, 0.2) is 121 Å². The van der Waals surface area contributed by atoms with Gasteiger partial charge in [-0.2, -0.15) is 8.78 Å². The van der Waals surface area contributed by atoms with Crippen LogP contribution in [0.4, 0.5) is 8.78 Å². The Morgan fingerprint density at radius 1 is 0.688 bits per heavy atom. The highest BCUT2D eigenvalue weighted by molar-refractivity contribution is 5.79. The zero-order chi connectivity index (χ0) is 33.8. The maximum Gasteiger partial charge on any atom is 0.397 e. The molecule has 1 aliphatic heterocycles. The van der Waals surface area contributed by atoms with E-state index in [0.717, 1.165) is 16.7 Å². The number of hydrogen-bond acceptors (Lipinski definition) is 8. The summed E-state index contributed by atoms with van der Waals surface area (Å²) in [5.74, 6) is -10.1. The van der Waals surface area contributed by atoms with Gasteiger partial charge >= 0.3 is 11.9 Å². The van der Waals surface area contributed by atoms with Crippen molar-refractivity contribution in [2.45, 2.75) is 69.5 Å². The molecule has 254 valence electrons. The molecule has 5 atom stereocenters. The van der Waals surface area contributed by atoms with Crippen molar-refractivity contribution in [2.24, 2.45) is 0 Å². The fraction of sp³-hybridized carbons (Fsp3) is 0.342. The van der Waals surface area contributed by atoms with E-state index in [1.54, 1.807) is 30.3 Å². The maximum atomic E-state index is 16.3. The molecule has 8 nitrogen and oxygen atoms in total. The minimum absolute atomic E-state index is 0.0411. The molecule has 0 saturated carbocycles. The Kier molecular flexibility index (Phi) is 12.4. The molecule has 0 bridgehead atoms. The number of benzene rings is 4. The Balaban J connectivity index is 1.54. The second kappa shape index (κ2) is 16.9. The molecule has 1 saturated heterocycles. The molecule has 0 aliphatic carbocycles. The average Bonchev–Trinajstić information content (AvgIpc) is 3.11. The van der Waals surface area contributed by atoms with E-state index in [1.165, 1.54) is 6.92 Å². The first kappa shape index (κ1) is 35.3. The van der Waals surface area contributed by atoms with Gasteiger partial charge in [0.25, 0.3) is 5.79 Å². The second-order valence-corrected chi connectivity index (χ2v) is 11.4. The first-order valence-electron chi connectivity index (χ1n) is 15.8. The van der Waals surface area contributed by atoms with Gasteiger partial charge in [0.15, 0.2) is 0 Å². The van der Waals surface area contributed by atoms with E-state index >= 15 is 8.78 Å². The highest BCUT2D eigenvalue weighted by Crippen LogP contribution is 2.44. The van der Waals surface area contributed by atoms with Crippen molar-refractivity contribution in [3.8, 4) is 0 Å². The van der Waals surface area contributed by atoms with E-state index in [0.29, 0.717) is 5.56 Å². The van der Waals surface area contributed by atoms with Gasteiger partial charge in [0.05, 0.1) is 39.6 Å². The zero-order valence-corrected chi connectivity index (χ0v) is 26.7. The molecule has 0 amide bonds. The smallest absolute Gasteiger partial charge is 0.397 e. The predicted molar refractivity (Wildman–Crippen MR) is 173 cm³/mol. The fourth-order valence-electron chi connectivity index (χ4n) is 5.47. The van der Waals surface area contributed by atoms with Gasteiger partial charge in [0.2, 0.25) is 0 Å². The summed E-state index contributed by atoms with van der Waals surface area (Å²) in [7, 11) is 0. The molecule has 4 aromatic carbocycles. The lowest BCUT2D eigenvalue weighted by molar-refractivity contribution is -0.417. The molecule has 2 unspecified atom stereocenters. The minimum Gasteiger partial charge on any atom is -0.461 e. The van der Waals surface area contributed by atoms with Gasteiger partial charge in [-0.05, 0) is 29.2 Å². The van der Waals surface area contributed by atoms with Crippen molar-refractivity contribution in [1.29, 1.82) is 0 Å². The summed E-state index contributed by atoms with van der Waals surface area (Å²) in [6.07, 6.45) is -5.72. The van der Waals surface area contributed by atoms with Crippen LogP contribution in [0.5, 0.6) is 0 Å². The maximum absolute atomic E-state index is 16.3. The SMILES string of the molecule is CCOC(=O)C(F)(F)[C@]1(O)OC(COCc2ccccc2)[C@@H](OCc2ccccc2)C(OCc2ccccc2)[C@H]1OCc1ccccc1. The van der Waals surface area contributed by atoms with Gasteiger partial charge in [0.1, 0.15) is 24.4 Å². The number of ether oxygens (including phenoxy) is 6. The first-order valence-corrected chi connectivity index (χ1v) is 15.8. The van der Waals surface area contributed by atoms with E-state index in [1.807, 2.05) is 91.0 Å². The summed E-state index contributed by atoms with van der Waals surface area (Å²) in [5.41, 5.74) is 3.02. The Bertz CT molecular complexity index is 1530. The second-order valence-electron chi connectivity index (χ2n) is 11.4. The summed E-state index contributed by atoms with van der Waals surface area (Å²) in [6, 6.07) is 36.5. The first-order chi connectivity index (χ1) is 23.3. The van der Waals surface area contributed by atoms with Crippen molar-refractivity contribution in [1.82, 2.24) is 0 Å². The van der Waals surface area contributed by atoms with Crippen molar-refractivity contribution < 1.29 is 47.1 Å². The van der Waals surface area contributed by atoms with Crippen LogP contribution < -0.4 is 0 Å². The molecule has 10 heteroatoms. The topological polar surface area (TPSA) is 92.7 Å². The molecule has 1 fully saturated rings. The van der Waals surface area contributed by atoms with E-state index in [9.17, 15) is 9.90 Å². The van der Waals surface area contributed by atoms with Gasteiger partial charge in [-0.1, -0.05) is 121 Å². The number of rotatable bonds is 16. The summed E-state index contributed by atoms with van der Waals surface area (Å²) < 4.78 is 67.9. The van der Waals surface area contributed by atoms with Gasteiger partial charge in [-0.25, -0.2) is 4.79 Å². The zero-order valence-electron chi connectivity index (χ0n) is 26.7. The summed E-state index contributed by atoms with van der Waals surface area (Å²) in [5, 5.41) is 12.0. The summed E-state index contributed by atoms with van der Waals surface area (Å²) >= 11 is 0. The van der Waals surface area contributed by atoms with Gasteiger partial charge in [-0.15, -0.1) is 0 Å². The molecule has 48 heavy (non-hydrogen) atoms. The third kappa shape index (κ3) is 8.70. The van der Waals surface area contributed by atoms with Gasteiger partial charge < -0.3 is 33.5 Å². The molecule has 5 rings (SSSR count). The average molecular weight is 663 g/mol. The summed E-state index contributed by atoms with van der Waals surface area (Å²) in [4.78, 5) is 12.8. The molecule has 1 N–H and O–H groups in total. The third-order valence-electron chi connectivity index (χ3n) is 7.92. The lowest BCUT2D eigenvalue weighted by Crippen LogP contribution is -2.74. The number of esters is 1. The molecular formula is C38H40F2O8. The minimum atomic E-state index is -4.58. The molecule has 0 spiro atoms. The lowest BCUT2D eigenvalue weighted by atomic mass is 9.87. The van der Waals surface area contributed by atoms with E-state index < -0.39 is 42.1 Å². The normalized spacial score (nSPS) is 22.7. The Hall–Kier alpha value is -4.03. The molecule has 1 aliphatic rings. The summed E-state index contributed by atoms with van der Waals surface area (Å²) in [6.45, 7) is 0.702. The van der Waals surface area contributed by atoms with Gasteiger partial charge in [-0.3, -0.25) is 0 Å². The van der Waals surface area contributed by atoms with Crippen LogP contribution in [0.25, 0.3) is 0 Å². The fourth-order valence-corrected chi connectivity index (χ4v) is 5.47. The van der Waals surface area contributed by atoms with Crippen molar-refractivity contribution >= 4 is 5.97 Å². The predicted octanol–water partition coefficient (Wildman–Crippen LogP) is 6.25. The molecule has 4 aromatic rings. The molecular weight excluding hydrogens is 622 g/mol. The monoisotopic (exact) mass is 662 g/mol. The van der Waals surface area contributed by atoms with Crippen LogP contribution >= 0.6 is 0 Å². The van der Waals surface area contributed by atoms with Crippen LogP contribution in [-0.2, 0) is 59.6 Å². The highest BCUT2D eigenvalue weighted by atomic mass is 19.3. The quantitative estimate of drug-likeness (QED) is 0.141. The Morgan fingerprint density at radius 3 is 1.56 bits per heavy atom. The molecule has 0 radical (unpaired) electrons. The number of carbonyl (C=O) groups is 1. The van der Waals surface area contributed by atoms with Crippen molar-refractivity contribution in [2.75, 3.05) is 13.2 Å². The van der Waals surface area contributed by atoms with Gasteiger partial charge in [0, 0.05) is 0 Å². The van der Waals surface area contributed by atoms with Crippen molar-refractivity contribution in [3.05, 3.63) is 144 Å². The Labute approximate surface area is 279 Å². The number of aliphatic hydroxyl groups is 1. The standard InChI is InChI=1S/C38H40F2O8/c1-2-44-36(41)37(39,40)38(42)35(47-26-31-21-13-6-14-22-31)34(46-25-30-19-11-5-12-20-30)33(45-24-29-17-9-4-10-18-29)32(48-38)27-43-23-28-15-7-3-8-16-28/h3-22,32-35,42H,2,23-27H2,1H3/t32?,33-,34?,35-,38-/m1/s1. The van der Waals surface area contributed by atoms with Crippen LogP contribution in [0.1, 0.15) is 29.2 Å². The van der Waals surface area contributed by atoms with E-state index in [2.05, 4.69) is 0 Å². The largest absolute Gasteiger partial charge is 0.461 e. The van der Waals surface area contributed by atoms with Crippen LogP contribution in [0, 0.1) is 0 Å². The molecule has 0 aromatic heterocycles. The lowest BCUT2D eigenvalue weighted by Gasteiger charge is -2.51. The van der Waals surface area contributed by atoms with E-state index in [4.69, 9.17) is 28.4 Å². The number of carbonyl (C=O) groups excluding carboxylic acids is 1. The van der Waals surface area contributed by atoms with Crippen molar-refractivity contribution in [3.63, 3.8) is 0 Å². The number of hydrogen-bond donors (Lipinski definition) is 1. The van der Waals surface area contributed by atoms with Crippen LogP contribution in [-0.4, -0.2) is 60.4 Å². The highest BCUT2D eigenvalue weighted by Gasteiger charge is 2.72. The van der Waals surface area contributed by atoms with Crippen LogP contribution in [0.3, 0.4) is 0 Å². The number of alkyl halides is 2. The third-order valence-corrected chi connectivity index (χ3v) is 7.92. The van der Waals surface area contributed by atoms with E-state index in [-0.39, 0.29) is 39.6 Å². The Morgan fingerprint density at radius 2 is 1.10 bits per heavy atom.